The molecule has 0 radical (unpaired) electrons. The fraction of sp³-hybridized carbons (Fsp3) is 0.462. The lowest BCUT2D eigenvalue weighted by molar-refractivity contribution is 0.511. The van der Waals surface area contributed by atoms with Crippen LogP contribution in [0.25, 0.3) is 0 Å². The third-order valence-corrected chi connectivity index (χ3v) is 3.47. The number of thiocarbonyl (C=S) groups is 1. The minimum absolute atomic E-state index is 0.0962. The molecule has 0 fully saturated rings. The van der Waals surface area contributed by atoms with Crippen LogP contribution in [0.5, 0.6) is 0 Å². The van der Waals surface area contributed by atoms with Gasteiger partial charge in [0.05, 0.1) is 0 Å². The van der Waals surface area contributed by atoms with Gasteiger partial charge in [-0.05, 0) is 54.4 Å². The van der Waals surface area contributed by atoms with E-state index in [9.17, 15) is 0 Å². The highest BCUT2D eigenvalue weighted by atomic mass is 79.9. The van der Waals surface area contributed by atoms with Crippen LogP contribution in [0.4, 0.5) is 5.69 Å². The molecule has 0 aliphatic carbocycles. The van der Waals surface area contributed by atoms with Crippen molar-refractivity contribution in [1.29, 1.82) is 0 Å². The Morgan fingerprint density at radius 3 is 2.59 bits per heavy atom. The Kier molecular flexibility index (Phi) is 4.95. The van der Waals surface area contributed by atoms with Gasteiger partial charge in [0.15, 0.2) is 0 Å². The summed E-state index contributed by atoms with van der Waals surface area (Å²) in [5.41, 5.74) is 7.67. The monoisotopic (exact) mass is 314 g/mol. The first-order valence-electron chi connectivity index (χ1n) is 5.73. The van der Waals surface area contributed by atoms with Crippen LogP contribution in [-0.2, 0) is 0 Å². The van der Waals surface area contributed by atoms with Gasteiger partial charge in [-0.15, -0.1) is 0 Å². The summed E-state index contributed by atoms with van der Waals surface area (Å²) >= 11 is 8.46. The molecule has 0 saturated carbocycles. The Labute approximate surface area is 117 Å². The molecule has 3 N–H and O–H groups in total. The molecule has 1 rings (SSSR count). The third-order valence-electron chi connectivity index (χ3n) is 2.59. The van der Waals surface area contributed by atoms with Crippen molar-refractivity contribution in [2.75, 3.05) is 5.32 Å². The van der Waals surface area contributed by atoms with Crippen molar-refractivity contribution in [1.82, 2.24) is 0 Å². The highest BCUT2D eigenvalue weighted by molar-refractivity contribution is 9.10. The fourth-order valence-electron chi connectivity index (χ4n) is 1.87. The first-order valence-corrected chi connectivity index (χ1v) is 6.93. The van der Waals surface area contributed by atoms with Crippen molar-refractivity contribution in [2.45, 2.75) is 39.2 Å². The number of hydrogen-bond acceptors (Lipinski definition) is 2. The SMILES string of the molecule is CCCC(C)(C)Nc1ccc(C(N)=S)c(Br)c1. The molecule has 0 aromatic heterocycles. The average molecular weight is 315 g/mol. The van der Waals surface area contributed by atoms with Crippen LogP contribution >= 0.6 is 28.1 Å². The maximum atomic E-state index is 5.62. The van der Waals surface area contributed by atoms with Crippen molar-refractivity contribution < 1.29 is 0 Å². The van der Waals surface area contributed by atoms with E-state index in [1.165, 1.54) is 0 Å². The van der Waals surface area contributed by atoms with Crippen LogP contribution in [0.3, 0.4) is 0 Å². The van der Waals surface area contributed by atoms with Gasteiger partial charge in [0.2, 0.25) is 0 Å². The predicted molar refractivity (Wildman–Crippen MR) is 82.6 cm³/mol. The van der Waals surface area contributed by atoms with Gasteiger partial charge < -0.3 is 11.1 Å². The highest BCUT2D eigenvalue weighted by Gasteiger charge is 2.16. The molecule has 0 atom stereocenters. The second kappa shape index (κ2) is 5.83. The zero-order valence-corrected chi connectivity index (χ0v) is 12.9. The van der Waals surface area contributed by atoms with Crippen LogP contribution in [0.15, 0.2) is 22.7 Å². The molecule has 0 bridgehead atoms. The number of anilines is 1. The molecule has 0 amide bonds. The van der Waals surface area contributed by atoms with Gasteiger partial charge in [0.25, 0.3) is 0 Å². The summed E-state index contributed by atoms with van der Waals surface area (Å²) in [6.07, 6.45) is 2.29. The van der Waals surface area contributed by atoms with Gasteiger partial charge in [-0.3, -0.25) is 0 Å². The molecule has 0 aliphatic rings. The molecule has 1 aromatic carbocycles. The van der Waals surface area contributed by atoms with Gasteiger partial charge in [-0.1, -0.05) is 25.6 Å². The van der Waals surface area contributed by atoms with E-state index in [0.29, 0.717) is 4.99 Å². The largest absolute Gasteiger partial charge is 0.389 e. The fourth-order valence-corrected chi connectivity index (χ4v) is 2.77. The maximum Gasteiger partial charge on any atom is 0.105 e. The van der Waals surface area contributed by atoms with E-state index < -0.39 is 0 Å². The van der Waals surface area contributed by atoms with E-state index in [4.69, 9.17) is 18.0 Å². The molecule has 0 unspecified atom stereocenters. The van der Waals surface area contributed by atoms with Crippen LogP contribution in [0.1, 0.15) is 39.2 Å². The first-order chi connectivity index (χ1) is 7.85. The number of rotatable bonds is 5. The summed E-state index contributed by atoms with van der Waals surface area (Å²) in [7, 11) is 0. The molecule has 1 aromatic rings. The molecular formula is C13H19BrN2S. The molecule has 17 heavy (non-hydrogen) atoms. The lowest BCUT2D eigenvalue weighted by Crippen LogP contribution is -2.30. The molecule has 0 heterocycles. The normalized spacial score (nSPS) is 11.3. The van der Waals surface area contributed by atoms with E-state index in [1.807, 2.05) is 18.2 Å². The van der Waals surface area contributed by atoms with E-state index in [0.717, 1.165) is 28.6 Å². The van der Waals surface area contributed by atoms with Crippen molar-refractivity contribution in [3.8, 4) is 0 Å². The molecule has 0 saturated heterocycles. The first kappa shape index (κ1) is 14.5. The summed E-state index contributed by atoms with van der Waals surface area (Å²) in [6, 6.07) is 5.97. The predicted octanol–water partition coefficient (Wildman–Crippen LogP) is 4.07. The summed E-state index contributed by atoms with van der Waals surface area (Å²) in [5.74, 6) is 0. The molecular weight excluding hydrogens is 296 g/mol. The van der Waals surface area contributed by atoms with E-state index >= 15 is 0 Å². The van der Waals surface area contributed by atoms with Crippen molar-refractivity contribution >= 4 is 38.8 Å². The van der Waals surface area contributed by atoms with Crippen LogP contribution in [-0.4, -0.2) is 10.5 Å². The Balaban J connectivity index is 2.88. The number of nitrogens with one attached hydrogen (secondary N) is 1. The molecule has 94 valence electrons. The Morgan fingerprint density at radius 2 is 2.12 bits per heavy atom. The van der Waals surface area contributed by atoms with Gasteiger partial charge in [0.1, 0.15) is 4.99 Å². The Morgan fingerprint density at radius 1 is 1.47 bits per heavy atom. The summed E-state index contributed by atoms with van der Waals surface area (Å²) < 4.78 is 0.933. The van der Waals surface area contributed by atoms with Gasteiger partial charge >= 0.3 is 0 Å². The standard InChI is InChI=1S/C13H19BrN2S/c1-4-7-13(2,3)16-9-5-6-10(12(15)17)11(14)8-9/h5-6,8,16H,4,7H2,1-3H3,(H2,15,17). The summed E-state index contributed by atoms with van der Waals surface area (Å²) in [6.45, 7) is 6.59. The van der Waals surface area contributed by atoms with Crippen molar-refractivity contribution in [2.24, 2.45) is 5.73 Å². The Hall–Kier alpha value is -0.610. The third kappa shape index (κ3) is 4.28. The maximum absolute atomic E-state index is 5.62. The van der Waals surface area contributed by atoms with E-state index in [1.54, 1.807) is 0 Å². The Bertz CT molecular complexity index is 416. The zero-order chi connectivity index (χ0) is 13.1. The van der Waals surface area contributed by atoms with Crippen LogP contribution in [0, 0.1) is 0 Å². The number of hydrogen-bond donors (Lipinski definition) is 2. The second-order valence-electron chi connectivity index (χ2n) is 4.82. The minimum atomic E-state index is 0.0962. The van der Waals surface area contributed by atoms with Gasteiger partial charge in [-0.25, -0.2) is 0 Å². The number of benzene rings is 1. The molecule has 0 spiro atoms. The lowest BCUT2D eigenvalue weighted by atomic mass is 9.98. The quantitative estimate of drug-likeness (QED) is 0.804. The molecule has 0 aliphatic heterocycles. The van der Waals surface area contributed by atoms with Crippen molar-refractivity contribution in [3.63, 3.8) is 0 Å². The van der Waals surface area contributed by atoms with E-state index in [-0.39, 0.29) is 5.54 Å². The average Bonchev–Trinajstić information content (AvgIpc) is 2.15. The van der Waals surface area contributed by atoms with Gasteiger partial charge in [0, 0.05) is 21.3 Å². The molecule has 4 heteroatoms. The molecule has 2 nitrogen and oxygen atoms in total. The van der Waals surface area contributed by atoms with Crippen molar-refractivity contribution in [3.05, 3.63) is 28.2 Å². The smallest absolute Gasteiger partial charge is 0.105 e. The van der Waals surface area contributed by atoms with Crippen LogP contribution < -0.4 is 11.1 Å². The summed E-state index contributed by atoms with van der Waals surface area (Å²) in [5, 5.41) is 3.51. The number of halogens is 1. The zero-order valence-electron chi connectivity index (χ0n) is 10.5. The summed E-state index contributed by atoms with van der Waals surface area (Å²) in [4.78, 5) is 0.413. The highest BCUT2D eigenvalue weighted by Crippen LogP contribution is 2.25. The minimum Gasteiger partial charge on any atom is -0.389 e. The van der Waals surface area contributed by atoms with E-state index in [2.05, 4.69) is 42.0 Å². The lowest BCUT2D eigenvalue weighted by Gasteiger charge is -2.27. The number of nitrogens with two attached hydrogens (primary N) is 1. The van der Waals surface area contributed by atoms with Gasteiger partial charge in [-0.2, -0.15) is 0 Å². The van der Waals surface area contributed by atoms with Crippen LogP contribution in [0.2, 0.25) is 0 Å². The topological polar surface area (TPSA) is 38.0 Å². The second-order valence-corrected chi connectivity index (χ2v) is 6.11.